The molecule has 1 fully saturated rings. The second kappa shape index (κ2) is 6.20. The molecule has 2 amide bonds. The highest BCUT2D eigenvalue weighted by atomic mass is 32.1. The Morgan fingerprint density at radius 3 is 2.96 bits per heavy atom. The Hall–Kier alpha value is -1.89. The van der Waals surface area contributed by atoms with Crippen LogP contribution < -0.4 is 5.32 Å². The van der Waals surface area contributed by atoms with Crippen LogP contribution in [-0.4, -0.2) is 32.7 Å². The molecule has 0 radical (unpaired) electrons. The van der Waals surface area contributed by atoms with Crippen molar-refractivity contribution in [1.82, 2.24) is 19.7 Å². The first-order valence-electron chi connectivity index (χ1n) is 8.67. The van der Waals surface area contributed by atoms with Gasteiger partial charge in [-0.2, -0.15) is 5.10 Å². The van der Waals surface area contributed by atoms with Gasteiger partial charge in [0, 0.05) is 13.1 Å². The number of amides is 2. The summed E-state index contributed by atoms with van der Waals surface area (Å²) >= 11 is 1.72. The van der Waals surface area contributed by atoms with Gasteiger partial charge in [0.05, 0.1) is 33.9 Å². The normalized spacial score (nSPS) is 20.3. The molecule has 24 heavy (non-hydrogen) atoms. The van der Waals surface area contributed by atoms with E-state index in [9.17, 15) is 4.79 Å². The summed E-state index contributed by atoms with van der Waals surface area (Å²) in [7, 11) is 1.88. The topological polar surface area (TPSA) is 63.1 Å². The zero-order valence-corrected chi connectivity index (χ0v) is 15.0. The smallest absolute Gasteiger partial charge is 0.320 e. The van der Waals surface area contributed by atoms with Crippen molar-refractivity contribution < 1.29 is 4.79 Å². The van der Waals surface area contributed by atoms with Gasteiger partial charge in [0.2, 0.25) is 0 Å². The van der Waals surface area contributed by atoms with Gasteiger partial charge in [-0.3, -0.25) is 5.32 Å². The lowest BCUT2D eigenvalue weighted by Gasteiger charge is -2.31. The number of aryl methyl sites for hydroxylation is 2. The van der Waals surface area contributed by atoms with E-state index < -0.39 is 0 Å². The molecule has 0 aromatic carbocycles. The van der Waals surface area contributed by atoms with E-state index in [0.717, 1.165) is 42.9 Å². The third-order valence-corrected chi connectivity index (χ3v) is 6.26. The first kappa shape index (κ1) is 15.6. The molecule has 1 N–H and O–H groups in total. The average Bonchev–Trinajstić information content (AvgIpc) is 3.10. The zero-order chi connectivity index (χ0) is 16.7. The van der Waals surface area contributed by atoms with Crippen LogP contribution in [-0.2, 0) is 6.42 Å². The van der Waals surface area contributed by atoms with Crippen molar-refractivity contribution in [2.24, 2.45) is 0 Å². The lowest BCUT2D eigenvalue weighted by molar-refractivity contribution is 0.198. The number of nitrogens with one attached hydrogen (secondary N) is 1. The lowest BCUT2D eigenvalue weighted by atomic mass is 9.93. The molecule has 2 aromatic rings. The Morgan fingerprint density at radius 1 is 1.38 bits per heavy atom. The second-order valence-electron chi connectivity index (χ2n) is 6.74. The van der Waals surface area contributed by atoms with Gasteiger partial charge in [0.25, 0.3) is 0 Å². The van der Waals surface area contributed by atoms with E-state index >= 15 is 0 Å². The van der Waals surface area contributed by atoms with Gasteiger partial charge in [-0.15, -0.1) is 11.3 Å². The molecule has 1 atom stereocenters. The number of urea groups is 1. The molecule has 4 rings (SSSR count). The van der Waals surface area contributed by atoms with Crippen molar-refractivity contribution in [2.45, 2.75) is 57.5 Å². The van der Waals surface area contributed by atoms with Gasteiger partial charge >= 0.3 is 6.03 Å². The van der Waals surface area contributed by atoms with Crippen LogP contribution in [0.5, 0.6) is 0 Å². The molecule has 7 heteroatoms. The highest BCUT2D eigenvalue weighted by Crippen LogP contribution is 2.38. The molecule has 6 nitrogen and oxygen atoms in total. The van der Waals surface area contributed by atoms with Gasteiger partial charge in [0.15, 0.2) is 0 Å². The van der Waals surface area contributed by atoms with Crippen molar-refractivity contribution in [2.75, 3.05) is 12.4 Å². The summed E-state index contributed by atoms with van der Waals surface area (Å²) in [5.41, 5.74) is 1.17. The lowest BCUT2D eigenvalue weighted by Crippen LogP contribution is -2.37. The zero-order valence-electron chi connectivity index (χ0n) is 14.2. The SMILES string of the molecule is Cc1nc2c(s1)C(N(C)C(=O)Nc1ccnn1C1CCC1)CCC2. The molecule has 1 unspecified atom stereocenters. The number of hydrogen-bond donors (Lipinski definition) is 1. The summed E-state index contributed by atoms with van der Waals surface area (Å²) in [5, 5.41) is 8.51. The van der Waals surface area contributed by atoms with E-state index in [1.54, 1.807) is 17.5 Å². The van der Waals surface area contributed by atoms with Crippen molar-refractivity contribution in [3.63, 3.8) is 0 Å². The number of thiazole rings is 1. The van der Waals surface area contributed by atoms with E-state index in [-0.39, 0.29) is 12.1 Å². The predicted molar refractivity (Wildman–Crippen MR) is 94.4 cm³/mol. The van der Waals surface area contributed by atoms with E-state index in [0.29, 0.717) is 6.04 Å². The van der Waals surface area contributed by atoms with Gasteiger partial charge in [0.1, 0.15) is 5.82 Å². The highest BCUT2D eigenvalue weighted by Gasteiger charge is 2.30. The number of rotatable bonds is 3. The minimum absolute atomic E-state index is 0.0695. The number of carbonyl (C=O) groups excluding carboxylic acids is 1. The number of carbonyl (C=O) groups is 1. The molecule has 2 aliphatic rings. The molecule has 128 valence electrons. The van der Waals surface area contributed by atoms with Crippen LogP contribution in [0.25, 0.3) is 0 Å². The molecule has 0 saturated heterocycles. The van der Waals surface area contributed by atoms with Crippen molar-refractivity contribution in [3.05, 3.63) is 27.8 Å². The Kier molecular flexibility index (Phi) is 4.04. The van der Waals surface area contributed by atoms with Crippen LogP contribution in [0.1, 0.15) is 59.8 Å². The van der Waals surface area contributed by atoms with Crippen LogP contribution in [0.2, 0.25) is 0 Å². The molecule has 2 heterocycles. The maximum Gasteiger partial charge on any atom is 0.323 e. The van der Waals surface area contributed by atoms with E-state index in [4.69, 9.17) is 0 Å². The maximum absolute atomic E-state index is 12.8. The number of hydrogen-bond acceptors (Lipinski definition) is 4. The molecular weight excluding hydrogens is 322 g/mol. The van der Waals surface area contributed by atoms with Gasteiger partial charge < -0.3 is 4.90 Å². The third kappa shape index (κ3) is 2.70. The fourth-order valence-electron chi connectivity index (χ4n) is 3.56. The van der Waals surface area contributed by atoms with E-state index in [1.807, 2.05) is 29.6 Å². The quantitative estimate of drug-likeness (QED) is 0.917. The maximum atomic E-state index is 12.8. The summed E-state index contributed by atoms with van der Waals surface area (Å²) in [6, 6.07) is 2.37. The fourth-order valence-corrected chi connectivity index (χ4v) is 4.72. The Balaban J connectivity index is 1.50. The van der Waals surface area contributed by atoms with E-state index in [1.165, 1.54) is 17.0 Å². The minimum atomic E-state index is -0.0695. The molecule has 2 aliphatic carbocycles. The molecule has 0 aliphatic heterocycles. The van der Waals surface area contributed by atoms with Gasteiger partial charge in [-0.25, -0.2) is 14.5 Å². The minimum Gasteiger partial charge on any atom is -0.320 e. The number of nitrogens with zero attached hydrogens (tertiary/aromatic N) is 4. The molecule has 2 aromatic heterocycles. The highest BCUT2D eigenvalue weighted by molar-refractivity contribution is 7.11. The molecule has 1 saturated carbocycles. The Labute approximate surface area is 145 Å². The van der Waals surface area contributed by atoms with Crippen LogP contribution in [0.15, 0.2) is 12.3 Å². The largest absolute Gasteiger partial charge is 0.323 e. The summed E-state index contributed by atoms with van der Waals surface area (Å²) in [6.45, 7) is 2.04. The van der Waals surface area contributed by atoms with E-state index in [2.05, 4.69) is 15.4 Å². The van der Waals surface area contributed by atoms with Gasteiger partial charge in [-0.1, -0.05) is 0 Å². The average molecular weight is 345 g/mol. The summed E-state index contributed by atoms with van der Waals surface area (Å²) in [5.74, 6) is 0.799. The van der Waals surface area contributed by atoms with Crippen LogP contribution in [0, 0.1) is 6.92 Å². The molecule has 0 spiro atoms. The number of anilines is 1. The first-order valence-corrected chi connectivity index (χ1v) is 9.48. The monoisotopic (exact) mass is 345 g/mol. The summed E-state index contributed by atoms with van der Waals surface area (Å²) in [4.78, 5) is 20.5. The fraction of sp³-hybridized carbons (Fsp3) is 0.588. The Morgan fingerprint density at radius 2 is 2.21 bits per heavy atom. The second-order valence-corrected chi connectivity index (χ2v) is 7.97. The third-order valence-electron chi connectivity index (χ3n) is 5.14. The van der Waals surface area contributed by atoms with Crippen LogP contribution in [0.3, 0.4) is 0 Å². The summed E-state index contributed by atoms with van der Waals surface area (Å²) < 4.78 is 1.96. The standard InChI is InChI=1S/C17H23N5OS/c1-11-19-13-7-4-8-14(16(13)24-11)21(2)17(23)20-15-9-10-18-22(15)12-5-3-6-12/h9-10,12,14H,3-8H2,1-2H3,(H,20,23). The van der Waals surface area contributed by atoms with Crippen LogP contribution >= 0.6 is 11.3 Å². The van der Waals surface area contributed by atoms with Crippen LogP contribution in [0.4, 0.5) is 10.6 Å². The predicted octanol–water partition coefficient (Wildman–Crippen LogP) is 3.91. The first-order chi connectivity index (χ1) is 11.6. The molecule has 0 bridgehead atoms. The van der Waals surface area contributed by atoms with Crippen molar-refractivity contribution in [3.8, 4) is 0 Å². The van der Waals surface area contributed by atoms with Crippen molar-refractivity contribution >= 4 is 23.2 Å². The number of aromatic nitrogens is 3. The molecular formula is C17H23N5OS. The summed E-state index contributed by atoms with van der Waals surface area (Å²) in [6.07, 6.45) is 8.41. The van der Waals surface area contributed by atoms with Gasteiger partial charge in [-0.05, 0) is 45.4 Å². The number of fused-ring (bicyclic) bond motifs is 1. The van der Waals surface area contributed by atoms with Crippen molar-refractivity contribution in [1.29, 1.82) is 0 Å². The Bertz CT molecular complexity index is 748.